The predicted octanol–water partition coefficient (Wildman–Crippen LogP) is 3.19. The summed E-state index contributed by atoms with van der Waals surface area (Å²) < 4.78 is 53.2. The highest BCUT2D eigenvalue weighted by Crippen LogP contribution is 2.63. The lowest BCUT2D eigenvalue weighted by molar-refractivity contribution is -0.163. The SMILES string of the molecule is CCOC(=O)C(F)(F)P(=O)(OC(C)C)OC(C)C. The van der Waals surface area contributed by atoms with Crippen LogP contribution in [-0.4, -0.2) is 30.4 Å². The van der Waals surface area contributed by atoms with Crippen LogP contribution in [0.2, 0.25) is 0 Å². The Balaban J connectivity index is 5.28. The number of hydrogen-bond acceptors (Lipinski definition) is 5. The maximum Gasteiger partial charge on any atom is 0.440 e. The van der Waals surface area contributed by atoms with E-state index in [1.54, 1.807) is 0 Å². The molecule has 0 rings (SSSR count). The molecule has 0 aromatic heterocycles. The van der Waals surface area contributed by atoms with Crippen LogP contribution in [-0.2, 0) is 23.1 Å². The number of carbonyl (C=O) groups excluding carboxylic acids is 1. The van der Waals surface area contributed by atoms with Gasteiger partial charge in [-0.15, -0.1) is 0 Å². The second kappa shape index (κ2) is 6.59. The quantitative estimate of drug-likeness (QED) is 0.532. The molecule has 18 heavy (non-hydrogen) atoms. The number of hydrogen-bond donors (Lipinski definition) is 0. The molecule has 0 saturated carbocycles. The molecule has 0 aliphatic heterocycles. The van der Waals surface area contributed by atoms with Crippen molar-refractivity contribution in [1.29, 1.82) is 0 Å². The van der Waals surface area contributed by atoms with Gasteiger partial charge in [-0.1, -0.05) is 0 Å². The molecule has 0 saturated heterocycles. The van der Waals surface area contributed by atoms with E-state index in [2.05, 4.69) is 13.8 Å². The second-order valence-corrected chi connectivity index (χ2v) is 6.05. The Bertz CT molecular complexity index is 316. The second-order valence-electron chi connectivity index (χ2n) is 4.07. The van der Waals surface area contributed by atoms with Gasteiger partial charge in [0.15, 0.2) is 0 Å². The van der Waals surface area contributed by atoms with Gasteiger partial charge in [-0.25, -0.2) is 4.79 Å². The van der Waals surface area contributed by atoms with E-state index in [-0.39, 0.29) is 6.61 Å². The minimum Gasteiger partial charge on any atom is -0.461 e. The number of ether oxygens (including phenoxy) is 1. The Morgan fingerprint density at radius 2 is 1.56 bits per heavy atom. The smallest absolute Gasteiger partial charge is 0.440 e. The lowest BCUT2D eigenvalue weighted by Crippen LogP contribution is -2.34. The van der Waals surface area contributed by atoms with E-state index < -0.39 is 31.4 Å². The third-order valence-electron chi connectivity index (χ3n) is 1.56. The van der Waals surface area contributed by atoms with Crippen LogP contribution in [0.5, 0.6) is 0 Å². The summed E-state index contributed by atoms with van der Waals surface area (Å²) in [6, 6.07) is 0. The van der Waals surface area contributed by atoms with Crippen molar-refractivity contribution in [2.24, 2.45) is 0 Å². The molecule has 0 aromatic rings. The Labute approximate surface area is 105 Å². The molecule has 0 amide bonds. The molecule has 0 fully saturated rings. The average molecular weight is 288 g/mol. The number of carbonyl (C=O) groups is 1. The molecule has 0 bridgehead atoms. The maximum atomic E-state index is 13.8. The molecule has 0 heterocycles. The van der Waals surface area contributed by atoms with Gasteiger partial charge in [0.25, 0.3) is 0 Å². The highest BCUT2D eigenvalue weighted by Gasteiger charge is 2.62. The van der Waals surface area contributed by atoms with Crippen LogP contribution >= 0.6 is 7.60 Å². The lowest BCUT2D eigenvalue weighted by atomic mass is 10.5. The molecule has 0 unspecified atom stereocenters. The summed E-state index contributed by atoms with van der Waals surface area (Å²) in [6.45, 7) is 6.77. The first-order valence-electron chi connectivity index (χ1n) is 5.58. The van der Waals surface area contributed by atoms with Crippen LogP contribution in [0.15, 0.2) is 0 Å². The lowest BCUT2D eigenvalue weighted by Gasteiger charge is -2.27. The van der Waals surface area contributed by atoms with Crippen LogP contribution in [0.25, 0.3) is 0 Å². The van der Waals surface area contributed by atoms with Crippen LogP contribution in [0.4, 0.5) is 8.78 Å². The molecule has 8 heteroatoms. The number of esters is 1. The molecular formula is C10H19F2O5P. The zero-order chi connectivity index (χ0) is 14.6. The highest BCUT2D eigenvalue weighted by molar-refractivity contribution is 7.56. The molecule has 0 spiro atoms. The minimum absolute atomic E-state index is 0.252. The first-order valence-corrected chi connectivity index (χ1v) is 7.13. The highest BCUT2D eigenvalue weighted by atomic mass is 31.2. The monoisotopic (exact) mass is 288 g/mol. The molecule has 108 valence electrons. The van der Waals surface area contributed by atoms with E-state index in [1.165, 1.54) is 34.6 Å². The molecule has 0 radical (unpaired) electrons. The fraction of sp³-hybridized carbons (Fsp3) is 0.900. The third-order valence-corrected chi connectivity index (χ3v) is 3.83. The van der Waals surface area contributed by atoms with Gasteiger partial charge in [0.1, 0.15) is 0 Å². The van der Waals surface area contributed by atoms with E-state index in [1.807, 2.05) is 0 Å². The van der Waals surface area contributed by atoms with E-state index in [4.69, 9.17) is 0 Å². The molecule has 0 N–H and O–H groups in total. The first kappa shape index (κ1) is 17.5. The van der Waals surface area contributed by atoms with Gasteiger partial charge in [0.05, 0.1) is 18.8 Å². The molecule has 0 aromatic carbocycles. The average Bonchev–Trinajstić information content (AvgIpc) is 2.14. The summed E-state index contributed by atoms with van der Waals surface area (Å²) in [5.41, 5.74) is -4.32. The summed E-state index contributed by atoms with van der Waals surface area (Å²) in [7, 11) is -4.93. The van der Waals surface area contributed by atoms with Gasteiger partial charge in [0, 0.05) is 0 Å². The first-order chi connectivity index (χ1) is 8.06. The van der Waals surface area contributed by atoms with Gasteiger partial charge < -0.3 is 13.8 Å². The minimum atomic E-state index is -4.93. The largest absolute Gasteiger partial charge is 0.461 e. The van der Waals surface area contributed by atoms with E-state index in [9.17, 15) is 18.1 Å². The summed E-state index contributed by atoms with van der Waals surface area (Å²) in [5.74, 6) is -1.91. The fourth-order valence-electron chi connectivity index (χ4n) is 1.04. The third kappa shape index (κ3) is 4.30. The van der Waals surface area contributed by atoms with E-state index in [0.29, 0.717) is 0 Å². The topological polar surface area (TPSA) is 61.8 Å². The van der Waals surface area contributed by atoms with Crippen molar-refractivity contribution >= 4 is 13.6 Å². The Kier molecular flexibility index (Phi) is 6.40. The van der Waals surface area contributed by atoms with Crippen molar-refractivity contribution in [3.63, 3.8) is 0 Å². The Morgan fingerprint density at radius 3 is 1.83 bits per heavy atom. The Morgan fingerprint density at radius 1 is 1.17 bits per heavy atom. The van der Waals surface area contributed by atoms with Gasteiger partial charge in [-0.3, -0.25) is 4.57 Å². The number of halogens is 2. The Hall–Kier alpha value is -0.520. The van der Waals surface area contributed by atoms with Crippen molar-refractivity contribution in [1.82, 2.24) is 0 Å². The summed E-state index contributed by atoms with van der Waals surface area (Å²) in [4.78, 5) is 11.2. The normalized spacial score (nSPS) is 13.2. The summed E-state index contributed by atoms with van der Waals surface area (Å²) in [5, 5.41) is 0. The number of alkyl halides is 2. The standard InChI is InChI=1S/C10H19F2O5P/c1-6-15-9(13)10(11,12)18(14,16-7(2)3)17-8(4)5/h7-8H,6H2,1-5H3. The van der Waals surface area contributed by atoms with Crippen LogP contribution in [0, 0.1) is 0 Å². The molecule has 0 atom stereocenters. The van der Waals surface area contributed by atoms with Gasteiger partial charge >= 0.3 is 19.2 Å². The maximum absolute atomic E-state index is 13.8. The van der Waals surface area contributed by atoms with Gasteiger partial charge in [0.2, 0.25) is 0 Å². The molecule has 5 nitrogen and oxygen atoms in total. The summed E-state index contributed by atoms with van der Waals surface area (Å²) >= 11 is 0. The van der Waals surface area contributed by atoms with Crippen molar-refractivity contribution in [3.05, 3.63) is 0 Å². The van der Waals surface area contributed by atoms with Crippen LogP contribution in [0.1, 0.15) is 34.6 Å². The van der Waals surface area contributed by atoms with Crippen LogP contribution < -0.4 is 0 Å². The van der Waals surface area contributed by atoms with E-state index in [0.717, 1.165) is 0 Å². The summed E-state index contributed by atoms with van der Waals surface area (Å²) in [6.07, 6.45) is -1.57. The van der Waals surface area contributed by atoms with Gasteiger partial charge in [-0.2, -0.15) is 8.78 Å². The van der Waals surface area contributed by atoms with Crippen molar-refractivity contribution in [3.8, 4) is 0 Å². The number of rotatable bonds is 7. The zero-order valence-corrected chi connectivity index (χ0v) is 12.0. The van der Waals surface area contributed by atoms with Crippen molar-refractivity contribution in [2.45, 2.75) is 52.5 Å². The van der Waals surface area contributed by atoms with Crippen molar-refractivity contribution in [2.75, 3.05) is 6.61 Å². The van der Waals surface area contributed by atoms with Crippen molar-refractivity contribution < 1.29 is 31.9 Å². The zero-order valence-electron chi connectivity index (χ0n) is 11.1. The molecule has 0 aliphatic rings. The molecule has 0 aliphatic carbocycles. The van der Waals surface area contributed by atoms with Crippen LogP contribution in [0.3, 0.4) is 0 Å². The predicted molar refractivity (Wildman–Crippen MR) is 61.6 cm³/mol. The van der Waals surface area contributed by atoms with Gasteiger partial charge in [-0.05, 0) is 34.6 Å². The molecular weight excluding hydrogens is 269 g/mol. The fourth-order valence-corrected chi connectivity index (χ4v) is 2.75. The van der Waals surface area contributed by atoms with E-state index >= 15 is 0 Å².